The van der Waals surface area contributed by atoms with Crippen LogP contribution < -0.4 is 10.6 Å². The van der Waals surface area contributed by atoms with Crippen molar-refractivity contribution in [1.29, 1.82) is 0 Å². The molecule has 0 aliphatic heterocycles. The van der Waals surface area contributed by atoms with E-state index in [-0.39, 0.29) is 5.82 Å². The first-order valence-corrected chi connectivity index (χ1v) is 6.90. The van der Waals surface area contributed by atoms with Crippen LogP contribution in [0.1, 0.15) is 11.1 Å². The molecule has 2 aromatic carbocycles. The molecule has 0 aliphatic rings. The minimum Gasteiger partial charge on any atom is -0.362 e. The van der Waals surface area contributed by atoms with Gasteiger partial charge in [0.1, 0.15) is 5.82 Å². The Morgan fingerprint density at radius 1 is 1.15 bits per heavy atom. The first kappa shape index (κ1) is 14.5. The van der Waals surface area contributed by atoms with Crippen LogP contribution in [0, 0.1) is 12.7 Å². The molecule has 0 radical (unpaired) electrons. The molecule has 20 heavy (non-hydrogen) atoms. The Labute approximate surface area is 124 Å². The van der Waals surface area contributed by atoms with Gasteiger partial charge in [-0.2, -0.15) is 0 Å². The minimum absolute atomic E-state index is 0.206. The molecule has 0 fully saturated rings. The Morgan fingerprint density at radius 3 is 2.70 bits per heavy atom. The lowest BCUT2D eigenvalue weighted by Gasteiger charge is -2.11. The number of aryl methyl sites for hydroxylation is 1. The summed E-state index contributed by atoms with van der Waals surface area (Å²) in [7, 11) is 0. The normalized spacial score (nSPS) is 10.1. The van der Waals surface area contributed by atoms with E-state index >= 15 is 0 Å². The summed E-state index contributed by atoms with van der Waals surface area (Å²) in [5.74, 6) is -0.206. The number of benzene rings is 2. The molecule has 0 unspecified atom stereocenters. The number of nitrogens with one attached hydrogen (secondary N) is 2. The molecule has 4 heteroatoms. The quantitative estimate of drug-likeness (QED) is 0.840. The highest BCUT2D eigenvalue weighted by Crippen LogP contribution is 2.09. The molecule has 0 saturated carbocycles. The third kappa shape index (κ3) is 4.63. The SMILES string of the molecule is Cc1cccc(NC(=S)NCCc2cccc(F)c2)c1. The molecule has 0 heterocycles. The lowest BCUT2D eigenvalue weighted by Crippen LogP contribution is -2.30. The van der Waals surface area contributed by atoms with Gasteiger partial charge in [-0.15, -0.1) is 0 Å². The fraction of sp³-hybridized carbons (Fsp3) is 0.188. The van der Waals surface area contributed by atoms with Crippen LogP contribution in [-0.4, -0.2) is 11.7 Å². The Balaban J connectivity index is 1.78. The zero-order valence-corrected chi connectivity index (χ0v) is 12.1. The van der Waals surface area contributed by atoms with Gasteiger partial charge in [-0.05, 0) is 61.0 Å². The van der Waals surface area contributed by atoms with Gasteiger partial charge in [0.2, 0.25) is 0 Å². The van der Waals surface area contributed by atoms with E-state index in [0.29, 0.717) is 11.7 Å². The number of hydrogen-bond donors (Lipinski definition) is 2. The zero-order chi connectivity index (χ0) is 14.4. The van der Waals surface area contributed by atoms with Crippen LogP contribution in [0.25, 0.3) is 0 Å². The molecule has 0 atom stereocenters. The largest absolute Gasteiger partial charge is 0.362 e. The van der Waals surface area contributed by atoms with E-state index in [9.17, 15) is 4.39 Å². The van der Waals surface area contributed by atoms with Crippen LogP contribution in [0.2, 0.25) is 0 Å². The third-order valence-electron chi connectivity index (χ3n) is 2.86. The van der Waals surface area contributed by atoms with E-state index < -0.39 is 0 Å². The van der Waals surface area contributed by atoms with E-state index in [1.807, 2.05) is 37.3 Å². The van der Waals surface area contributed by atoms with Crippen LogP contribution in [0.5, 0.6) is 0 Å². The molecule has 2 rings (SSSR count). The van der Waals surface area contributed by atoms with Gasteiger partial charge in [-0.1, -0.05) is 24.3 Å². The Bertz CT molecular complexity index is 599. The van der Waals surface area contributed by atoms with Gasteiger partial charge in [0.15, 0.2) is 5.11 Å². The van der Waals surface area contributed by atoms with Gasteiger partial charge in [0, 0.05) is 12.2 Å². The maximum absolute atomic E-state index is 13.0. The van der Waals surface area contributed by atoms with Crippen molar-refractivity contribution in [3.63, 3.8) is 0 Å². The topological polar surface area (TPSA) is 24.1 Å². The highest BCUT2D eigenvalue weighted by molar-refractivity contribution is 7.80. The minimum atomic E-state index is -0.206. The van der Waals surface area contributed by atoms with Gasteiger partial charge in [0.25, 0.3) is 0 Å². The molecule has 0 spiro atoms. The second kappa shape index (κ2) is 7.01. The van der Waals surface area contributed by atoms with Gasteiger partial charge >= 0.3 is 0 Å². The van der Waals surface area contributed by atoms with Crippen LogP contribution >= 0.6 is 12.2 Å². The number of thiocarbonyl (C=S) groups is 1. The van der Waals surface area contributed by atoms with E-state index in [1.54, 1.807) is 12.1 Å². The fourth-order valence-corrected chi connectivity index (χ4v) is 2.13. The summed E-state index contributed by atoms with van der Waals surface area (Å²) >= 11 is 5.22. The second-order valence-corrected chi connectivity index (χ2v) is 5.04. The molecule has 0 amide bonds. The average Bonchev–Trinajstić information content (AvgIpc) is 2.38. The van der Waals surface area contributed by atoms with Crippen molar-refractivity contribution in [3.8, 4) is 0 Å². The summed E-state index contributed by atoms with van der Waals surface area (Å²) in [6, 6.07) is 14.6. The molecular formula is C16H17FN2S. The number of rotatable bonds is 4. The van der Waals surface area contributed by atoms with Crippen molar-refractivity contribution in [2.45, 2.75) is 13.3 Å². The maximum atomic E-state index is 13.0. The van der Waals surface area contributed by atoms with E-state index in [4.69, 9.17) is 12.2 Å². The van der Waals surface area contributed by atoms with Crippen molar-refractivity contribution in [2.75, 3.05) is 11.9 Å². The van der Waals surface area contributed by atoms with Crippen LogP contribution in [0.4, 0.5) is 10.1 Å². The van der Waals surface area contributed by atoms with Crippen LogP contribution in [0.15, 0.2) is 48.5 Å². The molecule has 0 saturated heterocycles. The van der Waals surface area contributed by atoms with Gasteiger partial charge in [-0.3, -0.25) is 0 Å². The highest BCUT2D eigenvalue weighted by Gasteiger charge is 1.99. The first-order valence-electron chi connectivity index (χ1n) is 6.49. The highest BCUT2D eigenvalue weighted by atomic mass is 32.1. The summed E-state index contributed by atoms with van der Waals surface area (Å²) in [6.45, 7) is 2.70. The maximum Gasteiger partial charge on any atom is 0.170 e. The Kier molecular flexibility index (Phi) is 5.07. The molecule has 2 nitrogen and oxygen atoms in total. The summed E-state index contributed by atoms with van der Waals surface area (Å²) in [6.07, 6.45) is 0.730. The lowest BCUT2D eigenvalue weighted by atomic mass is 10.1. The second-order valence-electron chi connectivity index (χ2n) is 4.63. The molecule has 104 valence electrons. The lowest BCUT2D eigenvalue weighted by molar-refractivity contribution is 0.625. The van der Waals surface area contributed by atoms with Crippen molar-refractivity contribution in [2.24, 2.45) is 0 Å². The summed E-state index contributed by atoms with van der Waals surface area (Å²) in [4.78, 5) is 0. The first-order chi connectivity index (χ1) is 9.63. The number of halogens is 1. The number of hydrogen-bond acceptors (Lipinski definition) is 1. The molecule has 0 aliphatic carbocycles. The van der Waals surface area contributed by atoms with Gasteiger partial charge in [-0.25, -0.2) is 4.39 Å². The molecule has 0 aromatic heterocycles. The summed E-state index contributed by atoms with van der Waals surface area (Å²) in [5.41, 5.74) is 3.10. The van der Waals surface area contributed by atoms with Crippen LogP contribution in [-0.2, 0) is 6.42 Å². The van der Waals surface area contributed by atoms with Gasteiger partial charge in [0.05, 0.1) is 0 Å². The molecular weight excluding hydrogens is 271 g/mol. The van der Waals surface area contributed by atoms with Crippen molar-refractivity contribution in [3.05, 3.63) is 65.5 Å². The predicted octanol–water partition coefficient (Wildman–Crippen LogP) is 3.66. The smallest absolute Gasteiger partial charge is 0.170 e. The Hall–Kier alpha value is -1.94. The average molecular weight is 288 g/mol. The van der Waals surface area contributed by atoms with Gasteiger partial charge < -0.3 is 10.6 Å². The fourth-order valence-electron chi connectivity index (χ4n) is 1.91. The zero-order valence-electron chi connectivity index (χ0n) is 11.3. The predicted molar refractivity (Wildman–Crippen MR) is 85.5 cm³/mol. The Morgan fingerprint density at radius 2 is 1.95 bits per heavy atom. The van der Waals surface area contributed by atoms with E-state index in [2.05, 4.69) is 10.6 Å². The molecule has 0 bridgehead atoms. The molecule has 2 aromatic rings. The summed E-state index contributed by atoms with van der Waals surface area (Å²) < 4.78 is 13.0. The summed E-state index contributed by atoms with van der Waals surface area (Å²) in [5, 5.41) is 6.82. The van der Waals surface area contributed by atoms with Crippen LogP contribution in [0.3, 0.4) is 0 Å². The van der Waals surface area contributed by atoms with Crippen molar-refractivity contribution >= 4 is 23.0 Å². The van der Waals surface area contributed by atoms with Crippen molar-refractivity contribution in [1.82, 2.24) is 5.32 Å². The monoisotopic (exact) mass is 288 g/mol. The van der Waals surface area contributed by atoms with Crippen molar-refractivity contribution < 1.29 is 4.39 Å². The third-order valence-corrected chi connectivity index (χ3v) is 3.11. The van der Waals surface area contributed by atoms with E-state index in [0.717, 1.165) is 17.7 Å². The molecule has 2 N–H and O–H groups in total. The van der Waals surface area contributed by atoms with E-state index in [1.165, 1.54) is 11.6 Å². The number of anilines is 1. The standard InChI is InChI=1S/C16H17FN2S/c1-12-4-2-7-15(10-12)19-16(20)18-9-8-13-5-3-6-14(17)11-13/h2-7,10-11H,8-9H2,1H3,(H2,18,19,20).